The molecule has 1 aromatic rings. The second-order valence-electron chi connectivity index (χ2n) is 3.81. The van der Waals surface area contributed by atoms with Gasteiger partial charge in [-0.2, -0.15) is 5.26 Å². The number of ketones is 1. The van der Waals surface area contributed by atoms with Crippen LogP contribution in [-0.2, 0) is 0 Å². The lowest BCUT2D eigenvalue weighted by atomic mass is 9.97. The van der Waals surface area contributed by atoms with E-state index >= 15 is 0 Å². The molecule has 5 heteroatoms. The molecular formula is C13H14BrNO3. The van der Waals surface area contributed by atoms with Crippen LogP contribution in [0.4, 0.5) is 0 Å². The molecule has 0 heterocycles. The molecule has 0 amide bonds. The molecule has 1 rings (SSSR count). The molecule has 0 aromatic heterocycles. The van der Waals surface area contributed by atoms with Crippen LogP contribution in [0.2, 0.25) is 0 Å². The van der Waals surface area contributed by atoms with Crippen molar-refractivity contribution in [2.45, 2.75) is 13.3 Å². The number of hydrogen-bond acceptors (Lipinski definition) is 4. The summed E-state index contributed by atoms with van der Waals surface area (Å²) in [6, 6.07) is 5.31. The van der Waals surface area contributed by atoms with Crippen molar-refractivity contribution in [1.29, 1.82) is 5.26 Å². The van der Waals surface area contributed by atoms with Crippen LogP contribution in [0.3, 0.4) is 0 Å². The van der Waals surface area contributed by atoms with Gasteiger partial charge < -0.3 is 9.47 Å². The number of carbonyl (C=O) groups excluding carboxylic acids is 1. The molecular weight excluding hydrogens is 298 g/mol. The van der Waals surface area contributed by atoms with Crippen molar-refractivity contribution >= 4 is 21.7 Å². The van der Waals surface area contributed by atoms with Gasteiger partial charge in [0.05, 0.1) is 20.3 Å². The van der Waals surface area contributed by atoms with Crippen molar-refractivity contribution in [3.63, 3.8) is 0 Å². The number of benzene rings is 1. The van der Waals surface area contributed by atoms with Gasteiger partial charge in [0.25, 0.3) is 0 Å². The minimum Gasteiger partial charge on any atom is -0.493 e. The average Bonchev–Trinajstić information content (AvgIpc) is 2.37. The molecule has 96 valence electrons. The van der Waals surface area contributed by atoms with Gasteiger partial charge in [-0.25, -0.2) is 0 Å². The van der Waals surface area contributed by atoms with Crippen LogP contribution in [0.5, 0.6) is 11.5 Å². The highest BCUT2D eigenvalue weighted by atomic mass is 79.9. The van der Waals surface area contributed by atoms with E-state index in [1.807, 2.05) is 6.07 Å². The van der Waals surface area contributed by atoms with E-state index in [2.05, 4.69) is 15.9 Å². The van der Waals surface area contributed by atoms with Crippen LogP contribution in [0.25, 0.3) is 0 Å². The maximum Gasteiger partial charge on any atom is 0.167 e. The van der Waals surface area contributed by atoms with Gasteiger partial charge in [0.15, 0.2) is 17.3 Å². The second-order valence-corrected chi connectivity index (χ2v) is 4.67. The van der Waals surface area contributed by atoms with Gasteiger partial charge in [-0.15, -0.1) is 0 Å². The normalized spacial score (nSPS) is 11.5. The van der Waals surface area contributed by atoms with Crippen LogP contribution < -0.4 is 9.47 Å². The van der Waals surface area contributed by atoms with Crippen LogP contribution >= 0.6 is 15.9 Å². The van der Waals surface area contributed by atoms with Crippen LogP contribution in [-0.4, -0.2) is 20.0 Å². The Morgan fingerprint density at radius 1 is 1.39 bits per heavy atom. The van der Waals surface area contributed by atoms with Crippen LogP contribution in [0.15, 0.2) is 16.6 Å². The number of halogens is 1. The van der Waals surface area contributed by atoms with Gasteiger partial charge in [0, 0.05) is 22.4 Å². The highest BCUT2D eigenvalue weighted by Gasteiger charge is 2.20. The van der Waals surface area contributed by atoms with E-state index in [9.17, 15) is 4.79 Å². The summed E-state index contributed by atoms with van der Waals surface area (Å²) in [5, 5.41) is 8.63. The molecule has 18 heavy (non-hydrogen) atoms. The van der Waals surface area contributed by atoms with E-state index in [1.165, 1.54) is 14.2 Å². The number of hydrogen-bond donors (Lipinski definition) is 0. The van der Waals surface area contributed by atoms with Crippen molar-refractivity contribution in [2.24, 2.45) is 5.92 Å². The molecule has 0 saturated heterocycles. The summed E-state index contributed by atoms with van der Waals surface area (Å²) in [7, 11) is 3.04. The van der Waals surface area contributed by atoms with Crippen LogP contribution in [0.1, 0.15) is 23.7 Å². The fourth-order valence-electron chi connectivity index (χ4n) is 1.54. The molecule has 0 saturated carbocycles. The summed E-state index contributed by atoms with van der Waals surface area (Å²) in [6.07, 6.45) is 0.194. The van der Waals surface area contributed by atoms with E-state index in [4.69, 9.17) is 14.7 Å². The Morgan fingerprint density at radius 2 is 1.94 bits per heavy atom. The number of nitriles is 1. The summed E-state index contributed by atoms with van der Waals surface area (Å²) in [4.78, 5) is 12.1. The summed E-state index contributed by atoms with van der Waals surface area (Å²) in [5.41, 5.74) is 0.496. The SMILES string of the molecule is COc1cc(Br)c(C(=O)C(C)CC#N)cc1OC. The minimum atomic E-state index is -0.343. The van der Waals surface area contributed by atoms with Crippen molar-refractivity contribution in [2.75, 3.05) is 14.2 Å². The Kier molecular flexibility index (Phi) is 5.17. The zero-order valence-electron chi connectivity index (χ0n) is 10.5. The molecule has 0 fully saturated rings. The molecule has 0 spiro atoms. The highest BCUT2D eigenvalue weighted by Crippen LogP contribution is 2.34. The van der Waals surface area contributed by atoms with E-state index in [1.54, 1.807) is 19.1 Å². The molecule has 4 nitrogen and oxygen atoms in total. The largest absolute Gasteiger partial charge is 0.493 e. The highest BCUT2D eigenvalue weighted by molar-refractivity contribution is 9.10. The Morgan fingerprint density at radius 3 is 2.44 bits per heavy atom. The van der Waals surface area contributed by atoms with E-state index < -0.39 is 0 Å². The van der Waals surface area contributed by atoms with E-state index in [0.717, 1.165) is 0 Å². The molecule has 0 radical (unpaired) electrons. The maximum atomic E-state index is 12.1. The predicted octanol–water partition coefficient (Wildman–Crippen LogP) is 3.20. The van der Waals surface area contributed by atoms with Crippen molar-refractivity contribution in [3.05, 3.63) is 22.2 Å². The molecule has 0 aliphatic heterocycles. The average molecular weight is 312 g/mol. The molecule has 1 atom stereocenters. The predicted molar refractivity (Wildman–Crippen MR) is 71.0 cm³/mol. The zero-order valence-corrected chi connectivity index (χ0v) is 12.1. The summed E-state index contributed by atoms with van der Waals surface area (Å²) >= 11 is 3.33. The molecule has 1 aromatic carbocycles. The monoisotopic (exact) mass is 311 g/mol. The quantitative estimate of drug-likeness (QED) is 0.783. The van der Waals surface area contributed by atoms with Crippen molar-refractivity contribution in [3.8, 4) is 17.6 Å². The third kappa shape index (κ3) is 3.02. The first-order valence-corrected chi connectivity index (χ1v) is 6.17. The molecule has 1 unspecified atom stereocenters. The van der Waals surface area contributed by atoms with Gasteiger partial charge in [-0.3, -0.25) is 4.79 Å². The fourth-order valence-corrected chi connectivity index (χ4v) is 2.06. The molecule has 0 aliphatic carbocycles. The smallest absolute Gasteiger partial charge is 0.167 e. The first kappa shape index (κ1) is 14.5. The fraction of sp³-hybridized carbons (Fsp3) is 0.385. The Balaban J connectivity index is 3.17. The molecule has 0 N–H and O–H groups in total. The second kappa shape index (κ2) is 6.41. The number of carbonyl (C=O) groups is 1. The van der Waals surface area contributed by atoms with Gasteiger partial charge in [-0.05, 0) is 28.1 Å². The van der Waals surface area contributed by atoms with Crippen LogP contribution in [0, 0.1) is 17.2 Å². The number of methoxy groups -OCH3 is 2. The summed E-state index contributed by atoms with van der Waals surface area (Å²) in [6.45, 7) is 1.73. The van der Waals surface area contributed by atoms with Gasteiger partial charge in [-0.1, -0.05) is 6.92 Å². The number of Topliss-reactive ketones (excluding diaryl/α,β-unsaturated/α-hetero) is 1. The Hall–Kier alpha value is -1.54. The zero-order chi connectivity index (χ0) is 13.7. The Bertz CT molecular complexity index is 494. The van der Waals surface area contributed by atoms with Gasteiger partial charge in [0.1, 0.15) is 0 Å². The van der Waals surface area contributed by atoms with Gasteiger partial charge >= 0.3 is 0 Å². The standard InChI is InChI=1S/C13H14BrNO3/c1-8(4-5-15)13(16)9-6-11(17-2)12(18-3)7-10(9)14/h6-8H,4H2,1-3H3. The van der Waals surface area contributed by atoms with E-state index in [0.29, 0.717) is 21.5 Å². The summed E-state index contributed by atoms with van der Waals surface area (Å²) < 4.78 is 10.9. The maximum absolute atomic E-state index is 12.1. The first-order valence-electron chi connectivity index (χ1n) is 5.37. The van der Waals surface area contributed by atoms with Crippen molar-refractivity contribution < 1.29 is 14.3 Å². The first-order chi connectivity index (χ1) is 8.54. The number of rotatable bonds is 5. The Labute approximate surface area is 115 Å². The minimum absolute atomic E-state index is 0.0932. The summed E-state index contributed by atoms with van der Waals surface area (Å²) in [5.74, 6) is 0.607. The third-order valence-electron chi connectivity index (χ3n) is 2.58. The van der Waals surface area contributed by atoms with E-state index in [-0.39, 0.29) is 18.1 Å². The topological polar surface area (TPSA) is 59.3 Å². The molecule has 0 aliphatic rings. The lowest BCUT2D eigenvalue weighted by molar-refractivity contribution is 0.0930. The third-order valence-corrected chi connectivity index (χ3v) is 3.24. The number of nitrogens with zero attached hydrogens (tertiary/aromatic N) is 1. The molecule has 0 bridgehead atoms. The lowest BCUT2D eigenvalue weighted by Gasteiger charge is -2.13. The van der Waals surface area contributed by atoms with Crippen molar-refractivity contribution in [1.82, 2.24) is 0 Å². The van der Waals surface area contributed by atoms with Gasteiger partial charge in [0.2, 0.25) is 0 Å². The lowest BCUT2D eigenvalue weighted by Crippen LogP contribution is -2.11. The number of ether oxygens (including phenoxy) is 2.